The molecule has 1 saturated heterocycles. The van der Waals surface area contributed by atoms with Crippen LogP contribution in [0, 0.1) is 0 Å². The number of rotatable bonds is 4. The zero-order valence-electron chi connectivity index (χ0n) is 14.1. The summed E-state index contributed by atoms with van der Waals surface area (Å²) in [7, 11) is 0. The van der Waals surface area contributed by atoms with Crippen molar-refractivity contribution in [1.29, 1.82) is 0 Å². The maximum absolute atomic E-state index is 6.23. The van der Waals surface area contributed by atoms with Crippen LogP contribution in [-0.2, 0) is 0 Å². The molecule has 0 saturated carbocycles. The molecule has 2 aromatic rings. The third kappa shape index (κ3) is 4.96. The van der Waals surface area contributed by atoms with Crippen LogP contribution in [0.25, 0.3) is 0 Å². The van der Waals surface area contributed by atoms with Gasteiger partial charge in [-0.15, -0.1) is 0 Å². The highest BCUT2D eigenvalue weighted by Gasteiger charge is 2.23. The highest BCUT2D eigenvalue weighted by molar-refractivity contribution is 7.97. The zero-order valence-corrected chi connectivity index (χ0v) is 16.5. The Balaban J connectivity index is 1.84. The Morgan fingerprint density at radius 3 is 2.52 bits per heavy atom. The Morgan fingerprint density at radius 2 is 1.80 bits per heavy atom. The first-order valence-electron chi connectivity index (χ1n) is 8.12. The second kappa shape index (κ2) is 8.06. The molecule has 0 spiro atoms. The highest BCUT2D eigenvalue weighted by Crippen LogP contribution is 2.39. The molecule has 0 aliphatic carbocycles. The first-order valence-corrected chi connectivity index (χ1v) is 9.65. The molecule has 3 N–H and O–H groups in total. The molecule has 0 radical (unpaired) electrons. The lowest BCUT2D eigenvalue weighted by Crippen LogP contribution is -2.51. The van der Waals surface area contributed by atoms with E-state index in [1.807, 2.05) is 18.2 Å². The Labute approximate surface area is 162 Å². The second-order valence-electron chi connectivity index (χ2n) is 6.29. The number of nitrogens with zero attached hydrogens (tertiary/aromatic N) is 1. The molecule has 0 bridgehead atoms. The lowest BCUT2D eigenvalue weighted by molar-refractivity contribution is 0.280. The van der Waals surface area contributed by atoms with Crippen LogP contribution in [0.1, 0.15) is 13.8 Å². The molecule has 1 aliphatic rings. The van der Waals surface area contributed by atoms with Gasteiger partial charge in [0.1, 0.15) is 11.5 Å². The Bertz CT molecular complexity index is 749. The van der Waals surface area contributed by atoms with Gasteiger partial charge in [0.25, 0.3) is 0 Å². The van der Waals surface area contributed by atoms with E-state index in [0.717, 1.165) is 18.0 Å². The highest BCUT2D eigenvalue weighted by atomic mass is 35.5. The number of anilines is 1. The lowest BCUT2D eigenvalue weighted by atomic mass is 10.2. The number of ether oxygens (including phenoxy) is 1. The molecule has 0 aromatic heterocycles. The summed E-state index contributed by atoms with van der Waals surface area (Å²) >= 11 is 13.9. The average molecular weight is 398 g/mol. The number of hydrogen-bond acceptors (Lipinski definition) is 5. The maximum atomic E-state index is 6.23. The van der Waals surface area contributed by atoms with E-state index in [2.05, 4.69) is 23.5 Å². The molecule has 1 aliphatic heterocycles. The summed E-state index contributed by atoms with van der Waals surface area (Å²) in [6.07, 6.45) is 0. The van der Waals surface area contributed by atoms with Gasteiger partial charge in [0.15, 0.2) is 0 Å². The van der Waals surface area contributed by atoms with Gasteiger partial charge >= 0.3 is 0 Å². The minimum atomic E-state index is 0.434. The summed E-state index contributed by atoms with van der Waals surface area (Å²) in [6, 6.07) is 11.7. The Kier molecular flexibility index (Phi) is 6.02. The molecule has 3 rings (SSSR count). The largest absolute Gasteiger partial charge is 0.455 e. The number of benzene rings is 2. The van der Waals surface area contributed by atoms with E-state index in [9.17, 15) is 0 Å². The van der Waals surface area contributed by atoms with Crippen molar-refractivity contribution >= 4 is 40.8 Å². The van der Waals surface area contributed by atoms with E-state index >= 15 is 0 Å². The van der Waals surface area contributed by atoms with Gasteiger partial charge in [0.05, 0.1) is 9.92 Å². The van der Waals surface area contributed by atoms with Crippen LogP contribution in [0.4, 0.5) is 5.69 Å². The summed E-state index contributed by atoms with van der Waals surface area (Å²) in [4.78, 5) is 0.956. The van der Waals surface area contributed by atoms with Crippen molar-refractivity contribution in [2.45, 2.75) is 30.8 Å². The molecule has 2 atom stereocenters. The SMILES string of the molecule is CC1CN(Sc2cc(N)ccc2Oc2cc(Cl)ccc2Cl)CC(C)N1. The van der Waals surface area contributed by atoms with Crippen LogP contribution in [-0.4, -0.2) is 29.5 Å². The number of nitrogen functional groups attached to an aromatic ring is 1. The van der Waals surface area contributed by atoms with Gasteiger partial charge in [0, 0.05) is 41.9 Å². The summed E-state index contributed by atoms with van der Waals surface area (Å²) in [5.74, 6) is 1.24. The number of piperazine rings is 1. The summed E-state index contributed by atoms with van der Waals surface area (Å²) in [5.41, 5.74) is 6.69. The average Bonchev–Trinajstić information content (AvgIpc) is 2.52. The predicted molar refractivity (Wildman–Crippen MR) is 107 cm³/mol. The van der Waals surface area contributed by atoms with Gasteiger partial charge in [-0.3, -0.25) is 0 Å². The van der Waals surface area contributed by atoms with Crippen LogP contribution in [0.5, 0.6) is 11.5 Å². The van der Waals surface area contributed by atoms with E-state index in [-0.39, 0.29) is 0 Å². The first kappa shape index (κ1) is 18.7. The fourth-order valence-electron chi connectivity index (χ4n) is 2.84. The number of nitrogens with one attached hydrogen (secondary N) is 1. The second-order valence-corrected chi connectivity index (χ2v) is 8.27. The van der Waals surface area contributed by atoms with Crippen molar-refractivity contribution < 1.29 is 4.74 Å². The van der Waals surface area contributed by atoms with Crippen molar-refractivity contribution in [2.75, 3.05) is 18.8 Å². The molecule has 134 valence electrons. The summed E-state index contributed by atoms with van der Waals surface area (Å²) < 4.78 is 8.36. The third-order valence-electron chi connectivity index (χ3n) is 3.83. The van der Waals surface area contributed by atoms with Crippen molar-refractivity contribution in [1.82, 2.24) is 9.62 Å². The molecule has 1 heterocycles. The van der Waals surface area contributed by atoms with E-state index in [1.165, 1.54) is 0 Å². The van der Waals surface area contributed by atoms with Crippen molar-refractivity contribution in [3.8, 4) is 11.5 Å². The van der Waals surface area contributed by atoms with Gasteiger partial charge < -0.3 is 15.8 Å². The van der Waals surface area contributed by atoms with E-state index in [1.54, 1.807) is 30.1 Å². The van der Waals surface area contributed by atoms with Crippen LogP contribution in [0.2, 0.25) is 10.0 Å². The molecule has 2 unspecified atom stereocenters. The molecule has 2 aromatic carbocycles. The molecule has 0 amide bonds. The van der Waals surface area contributed by atoms with Crippen LogP contribution >= 0.6 is 35.1 Å². The lowest BCUT2D eigenvalue weighted by Gasteiger charge is -2.35. The monoisotopic (exact) mass is 397 g/mol. The van der Waals surface area contributed by atoms with Crippen LogP contribution < -0.4 is 15.8 Å². The zero-order chi connectivity index (χ0) is 18.0. The minimum absolute atomic E-state index is 0.434. The number of halogens is 2. The first-order chi connectivity index (χ1) is 11.9. The fraction of sp³-hybridized carbons (Fsp3) is 0.333. The van der Waals surface area contributed by atoms with E-state index in [0.29, 0.717) is 39.3 Å². The Morgan fingerprint density at radius 1 is 1.08 bits per heavy atom. The van der Waals surface area contributed by atoms with E-state index < -0.39 is 0 Å². The van der Waals surface area contributed by atoms with Gasteiger partial charge in [-0.25, -0.2) is 4.31 Å². The topological polar surface area (TPSA) is 50.5 Å². The number of hydrogen-bond donors (Lipinski definition) is 2. The quantitative estimate of drug-likeness (QED) is 0.557. The fourth-order valence-corrected chi connectivity index (χ4v) is 4.43. The molecule has 4 nitrogen and oxygen atoms in total. The van der Waals surface area contributed by atoms with Gasteiger partial charge in [-0.05, 0) is 56.1 Å². The van der Waals surface area contributed by atoms with Crippen LogP contribution in [0.15, 0.2) is 41.3 Å². The third-order valence-corrected chi connectivity index (χ3v) is 5.45. The van der Waals surface area contributed by atoms with E-state index in [4.69, 9.17) is 33.7 Å². The molecule has 1 fully saturated rings. The van der Waals surface area contributed by atoms with Crippen LogP contribution in [0.3, 0.4) is 0 Å². The van der Waals surface area contributed by atoms with Gasteiger partial charge in [0.2, 0.25) is 0 Å². The standard InChI is InChI=1S/C18H21Cl2N3OS/c1-11-9-23(10-12(2)22-11)25-18-8-14(21)4-6-16(18)24-17-7-13(19)3-5-15(17)20/h3-8,11-12,22H,9-10,21H2,1-2H3. The predicted octanol–water partition coefficient (Wildman–Crippen LogP) is 5.06. The summed E-state index contributed by atoms with van der Waals surface area (Å²) in [5, 5.41) is 4.62. The Hall–Kier alpha value is -1.11. The maximum Gasteiger partial charge on any atom is 0.147 e. The minimum Gasteiger partial charge on any atom is -0.455 e. The molecule has 25 heavy (non-hydrogen) atoms. The molecular weight excluding hydrogens is 377 g/mol. The summed E-state index contributed by atoms with van der Waals surface area (Å²) in [6.45, 7) is 6.26. The van der Waals surface area contributed by atoms with Crippen molar-refractivity contribution in [3.63, 3.8) is 0 Å². The number of nitrogens with two attached hydrogens (primary N) is 1. The smallest absolute Gasteiger partial charge is 0.147 e. The van der Waals surface area contributed by atoms with Crippen molar-refractivity contribution in [2.24, 2.45) is 0 Å². The van der Waals surface area contributed by atoms with Crippen molar-refractivity contribution in [3.05, 3.63) is 46.4 Å². The normalized spacial score (nSPS) is 21.3. The molecule has 7 heteroatoms. The van der Waals surface area contributed by atoms with Gasteiger partial charge in [-0.2, -0.15) is 0 Å². The van der Waals surface area contributed by atoms with Gasteiger partial charge in [-0.1, -0.05) is 23.2 Å². The molecular formula is C18H21Cl2N3OS.